The van der Waals surface area contributed by atoms with Crippen molar-refractivity contribution in [3.63, 3.8) is 0 Å². The summed E-state index contributed by atoms with van der Waals surface area (Å²) in [5.41, 5.74) is 0. The number of hydrogen-bond acceptors (Lipinski definition) is 4. The molecule has 2 amide bonds. The Balaban J connectivity index is 0.000000243. The monoisotopic (exact) mass is 336 g/mol. The Morgan fingerprint density at radius 3 is 1.92 bits per heavy atom. The predicted octanol–water partition coefficient (Wildman–Crippen LogP) is 0.670. The molecule has 0 spiro atoms. The van der Waals surface area contributed by atoms with Crippen molar-refractivity contribution >= 4 is 11.8 Å². The molecule has 2 atom stereocenters. The van der Waals surface area contributed by atoms with Crippen LogP contribution in [-0.2, 0) is 9.59 Å². The summed E-state index contributed by atoms with van der Waals surface area (Å²) in [6.07, 6.45) is 2.78. The molecule has 24 heavy (non-hydrogen) atoms. The van der Waals surface area contributed by atoms with Gasteiger partial charge in [0, 0.05) is 51.4 Å². The highest BCUT2D eigenvalue weighted by atomic mass is 16.2. The number of amides is 2. The molecule has 0 N–H and O–H groups in total. The first kappa shape index (κ1) is 20.4. The number of piperazine rings is 2. The van der Waals surface area contributed by atoms with Gasteiger partial charge in [-0.3, -0.25) is 14.5 Å². The Morgan fingerprint density at radius 1 is 0.875 bits per heavy atom. The first-order valence-electron chi connectivity index (χ1n) is 8.53. The molecule has 0 radical (unpaired) electrons. The fourth-order valence-electron chi connectivity index (χ4n) is 2.88. The van der Waals surface area contributed by atoms with Gasteiger partial charge in [0.25, 0.3) is 0 Å². The zero-order valence-electron chi connectivity index (χ0n) is 15.6. The summed E-state index contributed by atoms with van der Waals surface area (Å²) in [7, 11) is 4.16. The molecular weight excluding hydrogens is 304 g/mol. The fraction of sp³-hybridized carbons (Fsp3) is 0.667. The van der Waals surface area contributed by atoms with Crippen molar-refractivity contribution in [2.24, 2.45) is 0 Å². The van der Waals surface area contributed by atoms with Crippen molar-refractivity contribution in [3.8, 4) is 0 Å². The molecule has 2 aliphatic rings. The number of nitrogens with zero attached hydrogens (tertiary/aromatic N) is 4. The molecule has 136 valence electrons. The average Bonchev–Trinajstić information content (AvgIpc) is 2.58. The third-order valence-corrected chi connectivity index (χ3v) is 4.74. The zero-order chi connectivity index (χ0) is 18.3. The maximum atomic E-state index is 11.4. The third-order valence-electron chi connectivity index (χ3n) is 4.74. The summed E-state index contributed by atoms with van der Waals surface area (Å²) >= 11 is 0. The smallest absolute Gasteiger partial charge is 0.246 e. The summed E-state index contributed by atoms with van der Waals surface area (Å²) in [5, 5.41) is 0. The van der Waals surface area contributed by atoms with Crippen molar-refractivity contribution in [1.82, 2.24) is 19.6 Å². The summed E-state index contributed by atoms with van der Waals surface area (Å²) < 4.78 is 0. The molecule has 0 saturated carbocycles. The lowest BCUT2D eigenvalue weighted by Crippen LogP contribution is -2.56. The number of hydrogen-bond donors (Lipinski definition) is 0. The van der Waals surface area contributed by atoms with E-state index in [2.05, 4.69) is 50.9 Å². The van der Waals surface area contributed by atoms with E-state index in [-0.39, 0.29) is 11.8 Å². The van der Waals surface area contributed by atoms with Crippen LogP contribution in [0.2, 0.25) is 0 Å². The third kappa shape index (κ3) is 5.76. The van der Waals surface area contributed by atoms with Gasteiger partial charge in [-0.05, 0) is 40.1 Å². The SMILES string of the molecule is C=CC(=O)N1CC(C)N(C)CC1C.C=CC(=O)N1CCN(C)CC1. The van der Waals surface area contributed by atoms with E-state index in [1.165, 1.54) is 12.2 Å². The van der Waals surface area contributed by atoms with Gasteiger partial charge in [-0.2, -0.15) is 0 Å². The summed E-state index contributed by atoms with van der Waals surface area (Å²) in [6.45, 7) is 16.5. The fourth-order valence-corrected chi connectivity index (χ4v) is 2.88. The van der Waals surface area contributed by atoms with Crippen LogP contribution in [0.25, 0.3) is 0 Å². The van der Waals surface area contributed by atoms with Gasteiger partial charge in [0.2, 0.25) is 11.8 Å². The van der Waals surface area contributed by atoms with Crippen molar-refractivity contribution in [1.29, 1.82) is 0 Å². The second kappa shape index (κ2) is 9.59. The van der Waals surface area contributed by atoms with Crippen LogP contribution in [0.5, 0.6) is 0 Å². The highest BCUT2D eigenvalue weighted by Gasteiger charge is 2.28. The first-order valence-corrected chi connectivity index (χ1v) is 8.53. The van der Waals surface area contributed by atoms with Crippen LogP contribution in [-0.4, -0.2) is 96.9 Å². The quantitative estimate of drug-likeness (QED) is 0.696. The molecule has 2 aliphatic heterocycles. The van der Waals surface area contributed by atoms with Gasteiger partial charge in [0.15, 0.2) is 0 Å². The summed E-state index contributed by atoms with van der Waals surface area (Å²) in [5.74, 6) is 0.102. The minimum Gasteiger partial charge on any atom is -0.337 e. The molecule has 0 aromatic carbocycles. The Kier molecular flexibility index (Phi) is 8.15. The van der Waals surface area contributed by atoms with Crippen LogP contribution >= 0.6 is 0 Å². The van der Waals surface area contributed by atoms with Crippen molar-refractivity contribution in [3.05, 3.63) is 25.3 Å². The number of carbonyl (C=O) groups is 2. The molecule has 6 nitrogen and oxygen atoms in total. The van der Waals surface area contributed by atoms with Gasteiger partial charge in [-0.25, -0.2) is 0 Å². The maximum absolute atomic E-state index is 11.4. The Labute approximate surface area is 146 Å². The van der Waals surface area contributed by atoms with Gasteiger partial charge in [-0.15, -0.1) is 0 Å². The molecule has 2 heterocycles. The van der Waals surface area contributed by atoms with Gasteiger partial charge < -0.3 is 14.7 Å². The zero-order valence-corrected chi connectivity index (χ0v) is 15.6. The van der Waals surface area contributed by atoms with Crippen LogP contribution in [0.15, 0.2) is 25.3 Å². The summed E-state index contributed by atoms with van der Waals surface area (Å²) in [4.78, 5) is 30.7. The molecule has 2 rings (SSSR count). The number of rotatable bonds is 2. The predicted molar refractivity (Wildman–Crippen MR) is 97.7 cm³/mol. The lowest BCUT2D eigenvalue weighted by atomic mass is 10.1. The van der Waals surface area contributed by atoms with Gasteiger partial charge in [-0.1, -0.05) is 13.2 Å². The summed E-state index contributed by atoms with van der Waals surface area (Å²) in [6, 6.07) is 0.742. The number of carbonyl (C=O) groups excluding carboxylic acids is 2. The van der Waals surface area contributed by atoms with E-state index in [1.54, 1.807) is 0 Å². The standard InChI is InChI=1S/C10H18N2O.C8H14N2O/c1-5-10(13)12-7-8(2)11(4)6-9(12)3;1-3-8(11)10-6-4-9(2)5-7-10/h5,8-9H,1,6-7H2,2-4H3;3H,1,4-7H2,2H3. The van der Waals surface area contributed by atoms with Crippen LogP contribution in [0.1, 0.15) is 13.8 Å². The molecule has 2 fully saturated rings. The van der Waals surface area contributed by atoms with E-state index < -0.39 is 0 Å². The van der Waals surface area contributed by atoms with E-state index in [4.69, 9.17) is 0 Å². The maximum Gasteiger partial charge on any atom is 0.246 e. The van der Waals surface area contributed by atoms with Gasteiger partial charge in [0.1, 0.15) is 0 Å². The lowest BCUT2D eigenvalue weighted by molar-refractivity contribution is -0.131. The Morgan fingerprint density at radius 2 is 1.42 bits per heavy atom. The van der Waals surface area contributed by atoms with Crippen LogP contribution < -0.4 is 0 Å². The van der Waals surface area contributed by atoms with Crippen LogP contribution in [0.3, 0.4) is 0 Å². The Hall–Kier alpha value is -1.66. The molecular formula is C18H32N4O2. The minimum atomic E-state index is 0.0486. The largest absolute Gasteiger partial charge is 0.337 e. The van der Waals surface area contributed by atoms with E-state index in [1.807, 2.05) is 9.80 Å². The average molecular weight is 336 g/mol. The second-order valence-electron chi connectivity index (χ2n) is 6.67. The highest BCUT2D eigenvalue weighted by molar-refractivity contribution is 5.87. The van der Waals surface area contributed by atoms with E-state index in [0.717, 1.165) is 39.3 Å². The molecule has 0 aromatic heterocycles. The van der Waals surface area contributed by atoms with Crippen molar-refractivity contribution in [2.75, 3.05) is 53.4 Å². The van der Waals surface area contributed by atoms with E-state index in [0.29, 0.717) is 12.1 Å². The molecule has 6 heteroatoms. The topological polar surface area (TPSA) is 47.1 Å². The second-order valence-corrected chi connectivity index (χ2v) is 6.67. The lowest BCUT2D eigenvalue weighted by Gasteiger charge is -2.42. The van der Waals surface area contributed by atoms with Crippen molar-refractivity contribution < 1.29 is 9.59 Å². The van der Waals surface area contributed by atoms with Crippen molar-refractivity contribution in [2.45, 2.75) is 25.9 Å². The van der Waals surface area contributed by atoms with Gasteiger partial charge in [0.05, 0.1) is 0 Å². The molecule has 0 aromatic rings. The number of likely N-dealkylation sites (N-methyl/N-ethyl adjacent to an activating group) is 2. The molecule has 0 aliphatic carbocycles. The van der Waals surface area contributed by atoms with E-state index >= 15 is 0 Å². The van der Waals surface area contributed by atoms with Crippen LogP contribution in [0.4, 0.5) is 0 Å². The van der Waals surface area contributed by atoms with E-state index in [9.17, 15) is 9.59 Å². The first-order chi connectivity index (χ1) is 11.3. The Bertz CT molecular complexity index is 458. The minimum absolute atomic E-state index is 0.0486. The van der Waals surface area contributed by atoms with Crippen LogP contribution in [0, 0.1) is 0 Å². The molecule has 0 bridgehead atoms. The molecule has 2 saturated heterocycles. The highest BCUT2D eigenvalue weighted by Crippen LogP contribution is 2.13. The van der Waals surface area contributed by atoms with Gasteiger partial charge >= 0.3 is 0 Å². The normalized spacial score (nSPS) is 25.5. The molecule has 2 unspecified atom stereocenters.